The molecule has 5 heteroatoms. The second kappa shape index (κ2) is 5.01. The van der Waals surface area contributed by atoms with Gasteiger partial charge in [-0.05, 0) is 37.6 Å². The molecule has 0 radical (unpaired) electrons. The van der Waals surface area contributed by atoms with E-state index in [9.17, 15) is 14.7 Å². The molecule has 1 aliphatic heterocycles. The van der Waals surface area contributed by atoms with Crippen LogP contribution in [0.4, 0.5) is 0 Å². The predicted molar refractivity (Wildman–Crippen MR) is 70.6 cm³/mol. The molecule has 1 aliphatic rings. The Morgan fingerprint density at radius 2 is 2.00 bits per heavy atom. The number of carboxylic acids is 1. The quantitative estimate of drug-likeness (QED) is 0.850. The number of carbonyl (C=O) groups excluding carboxylic acids is 1. The highest BCUT2D eigenvalue weighted by atomic mass is 16.4. The van der Waals surface area contributed by atoms with Crippen molar-refractivity contribution >= 4 is 11.9 Å². The number of carbonyl (C=O) groups is 2. The van der Waals surface area contributed by atoms with Gasteiger partial charge in [0.1, 0.15) is 0 Å². The minimum atomic E-state index is -0.737. The van der Waals surface area contributed by atoms with Gasteiger partial charge in [-0.3, -0.25) is 14.5 Å². The van der Waals surface area contributed by atoms with Crippen LogP contribution in [0, 0.1) is 5.41 Å². The number of hydrogen-bond acceptors (Lipinski definition) is 3. The fourth-order valence-electron chi connectivity index (χ4n) is 2.40. The summed E-state index contributed by atoms with van der Waals surface area (Å²) in [4.78, 5) is 24.2. The van der Waals surface area contributed by atoms with E-state index in [-0.39, 0.29) is 0 Å². The van der Waals surface area contributed by atoms with Gasteiger partial charge in [0.2, 0.25) is 5.91 Å². The lowest BCUT2D eigenvalue weighted by Crippen LogP contribution is -2.31. The van der Waals surface area contributed by atoms with E-state index in [0.717, 1.165) is 12.1 Å². The van der Waals surface area contributed by atoms with Crippen LogP contribution in [0.2, 0.25) is 0 Å². The van der Waals surface area contributed by atoms with Gasteiger partial charge in [-0.15, -0.1) is 0 Å². The molecule has 0 aliphatic carbocycles. The Morgan fingerprint density at radius 1 is 1.37 bits per heavy atom. The first-order valence-corrected chi connectivity index (χ1v) is 6.25. The first-order valence-electron chi connectivity index (χ1n) is 6.25. The summed E-state index contributed by atoms with van der Waals surface area (Å²) >= 11 is 0. The van der Waals surface area contributed by atoms with Crippen LogP contribution in [0.15, 0.2) is 24.3 Å². The average Bonchev–Trinajstić information content (AvgIpc) is 2.73. The van der Waals surface area contributed by atoms with E-state index in [0.29, 0.717) is 25.1 Å². The van der Waals surface area contributed by atoms with Crippen LogP contribution in [-0.4, -0.2) is 35.0 Å². The number of nitrogens with two attached hydrogens (primary N) is 1. The van der Waals surface area contributed by atoms with E-state index in [1.165, 1.54) is 0 Å². The van der Waals surface area contributed by atoms with Gasteiger partial charge < -0.3 is 10.8 Å². The fourth-order valence-corrected chi connectivity index (χ4v) is 2.40. The summed E-state index contributed by atoms with van der Waals surface area (Å²) in [5.41, 5.74) is 6.08. The molecule has 1 fully saturated rings. The van der Waals surface area contributed by atoms with Crippen molar-refractivity contribution in [1.29, 1.82) is 0 Å². The molecule has 2 rings (SSSR count). The first kappa shape index (κ1) is 13.5. The number of primary amides is 1. The number of carboxylic acid groups (broad SMARTS) is 1. The second-order valence-electron chi connectivity index (χ2n) is 5.39. The zero-order valence-corrected chi connectivity index (χ0v) is 10.9. The summed E-state index contributed by atoms with van der Waals surface area (Å²) in [6.07, 6.45) is 0.668. The molecular formula is C14H18N2O3. The van der Waals surface area contributed by atoms with Gasteiger partial charge in [0.15, 0.2) is 0 Å². The molecule has 0 spiro atoms. The van der Waals surface area contributed by atoms with Crippen LogP contribution >= 0.6 is 0 Å². The van der Waals surface area contributed by atoms with E-state index in [1.807, 2.05) is 12.1 Å². The summed E-state index contributed by atoms with van der Waals surface area (Å²) in [5, 5.41) is 9.18. The van der Waals surface area contributed by atoms with Crippen LogP contribution in [-0.2, 0) is 11.3 Å². The van der Waals surface area contributed by atoms with Gasteiger partial charge in [0.05, 0.1) is 5.41 Å². The number of benzene rings is 1. The maximum absolute atomic E-state index is 11.2. The SMILES string of the molecule is CC1(C(=O)O)CCN(Cc2ccc(C(N)=O)cc2)C1. The molecule has 1 atom stereocenters. The maximum Gasteiger partial charge on any atom is 0.310 e. The normalized spacial score (nSPS) is 23.4. The number of rotatable bonds is 4. The lowest BCUT2D eigenvalue weighted by atomic mass is 9.90. The lowest BCUT2D eigenvalue weighted by Gasteiger charge is -2.20. The van der Waals surface area contributed by atoms with Gasteiger partial charge in [-0.2, -0.15) is 0 Å². The topological polar surface area (TPSA) is 83.6 Å². The third-order valence-corrected chi connectivity index (χ3v) is 3.71. The number of hydrogen-bond donors (Lipinski definition) is 2. The molecule has 1 amide bonds. The minimum Gasteiger partial charge on any atom is -0.481 e. The van der Waals surface area contributed by atoms with Crippen molar-refractivity contribution in [2.45, 2.75) is 19.9 Å². The number of likely N-dealkylation sites (tertiary alicyclic amines) is 1. The van der Waals surface area contributed by atoms with Crippen molar-refractivity contribution in [2.24, 2.45) is 11.1 Å². The fraction of sp³-hybridized carbons (Fsp3) is 0.429. The molecule has 102 valence electrons. The zero-order valence-electron chi connectivity index (χ0n) is 10.9. The largest absolute Gasteiger partial charge is 0.481 e. The van der Waals surface area contributed by atoms with Gasteiger partial charge in [-0.25, -0.2) is 0 Å². The standard InChI is InChI=1S/C14H18N2O3/c1-14(13(18)19)6-7-16(9-14)8-10-2-4-11(5-3-10)12(15)17/h2-5H,6-9H2,1H3,(H2,15,17)(H,18,19). The summed E-state index contributed by atoms with van der Waals surface area (Å²) < 4.78 is 0. The average molecular weight is 262 g/mol. The molecule has 1 unspecified atom stereocenters. The molecule has 1 heterocycles. The summed E-state index contributed by atoms with van der Waals surface area (Å²) in [6.45, 7) is 3.81. The Morgan fingerprint density at radius 3 is 2.47 bits per heavy atom. The summed E-state index contributed by atoms with van der Waals surface area (Å²) in [6, 6.07) is 7.11. The van der Waals surface area contributed by atoms with Crippen molar-refractivity contribution in [3.8, 4) is 0 Å². The Hall–Kier alpha value is -1.88. The van der Waals surface area contributed by atoms with E-state index in [1.54, 1.807) is 19.1 Å². The smallest absolute Gasteiger partial charge is 0.310 e. The summed E-state index contributed by atoms with van der Waals surface area (Å²) in [5.74, 6) is -1.18. The molecule has 1 saturated heterocycles. The Kier molecular flexibility index (Phi) is 3.57. The van der Waals surface area contributed by atoms with Gasteiger partial charge >= 0.3 is 5.97 Å². The molecular weight excluding hydrogens is 244 g/mol. The molecule has 1 aromatic rings. The lowest BCUT2D eigenvalue weighted by molar-refractivity contribution is -0.147. The molecule has 3 N–H and O–H groups in total. The maximum atomic E-state index is 11.2. The molecule has 1 aromatic carbocycles. The van der Waals surface area contributed by atoms with Crippen molar-refractivity contribution < 1.29 is 14.7 Å². The Labute approximate surface area is 112 Å². The van der Waals surface area contributed by atoms with Gasteiger partial charge in [-0.1, -0.05) is 12.1 Å². The highest BCUT2D eigenvalue weighted by Crippen LogP contribution is 2.30. The summed E-state index contributed by atoms with van der Waals surface area (Å²) in [7, 11) is 0. The zero-order chi connectivity index (χ0) is 14.0. The van der Waals surface area contributed by atoms with Gasteiger partial charge in [0, 0.05) is 18.7 Å². The molecule has 0 bridgehead atoms. The van der Waals surface area contributed by atoms with Crippen molar-refractivity contribution in [1.82, 2.24) is 4.90 Å². The van der Waals surface area contributed by atoms with Crippen molar-refractivity contribution in [3.05, 3.63) is 35.4 Å². The number of amides is 1. The van der Waals surface area contributed by atoms with Crippen LogP contribution in [0.25, 0.3) is 0 Å². The van der Waals surface area contributed by atoms with E-state index in [4.69, 9.17) is 5.73 Å². The van der Waals surface area contributed by atoms with Crippen molar-refractivity contribution in [2.75, 3.05) is 13.1 Å². The highest BCUT2D eigenvalue weighted by Gasteiger charge is 2.40. The van der Waals surface area contributed by atoms with Crippen molar-refractivity contribution in [3.63, 3.8) is 0 Å². The highest BCUT2D eigenvalue weighted by molar-refractivity contribution is 5.92. The molecule has 5 nitrogen and oxygen atoms in total. The van der Waals surface area contributed by atoms with E-state index in [2.05, 4.69) is 4.90 Å². The Bertz CT molecular complexity index is 498. The Balaban J connectivity index is 1.99. The van der Waals surface area contributed by atoms with Crippen LogP contribution in [0.3, 0.4) is 0 Å². The monoisotopic (exact) mass is 262 g/mol. The van der Waals surface area contributed by atoms with Gasteiger partial charge in [0.25, 0.3) is 0 Å². The third kappa shape index (κ3) is 2.93. The van der Waals surface area contributed by atoms with Crippen LogP contribution < -0.4 is 5.73 Å². The van der Waals surface area contributed by atoms with E-state index >= 15 is 0 Å². The molecule has 0 saturated carbocycles. The molecule has 0 aromatic heterocycles. The van der Waals surface area contributed by atoms with Crippen LogP contribution in [0.5, 0.6) is 0 Å². The third-order valence-electron chi connectivity index (χ3n) is 3.71. The minimum absolute atomic E-state index is 0.439. The van der Waals surface area contributed by atoms with Crippen LogP contribution in [0.1, 0.15) is 29.3 Å². The number of nitrogens with zero attached hydrogens (tertiary/aromatic N) is 1. The second-order valence-corrected chi connectivity index (χ2v) is 5.39. The first-order chi connectivity index (χ1) is 8.90. The van der Waals surface area contributed by atoms with E-state index < -0.39 is 17.3 Å². The predicted octanol–water partition coefficient (Wildman–Crippen LogP) is 1.08. The number of aliphatic carboxylic acids is 1. The molecule has 19 heavy (non-hydrogen) atoms.